The fourth-order valence-electron chi connectivity index (χ4n) is 3.52. The van der Waals surface area contributed by atoms with Crippen LogP contribution in [0.2, 0.25) is 0 Å². The second-order valence-corrected chi connectivity index (χ2v) is 6.90. The molecule has 0 aromatic heterocycles. The number of aliphatic hydroxyl groups excluding tert-OH is 1. The van der Waals surface area contributed by atoms with E-state index in [2.05, 4.69) is 11.8 Å². The molecule has 0 radical (unpaired) electrons. The van der Waals surface area contributed by atoms with E-state index < -0.39 is 6.10 Å². The zero-order valence-corrected chi connectivity index (χ0v) is 13.3. The summed E-state index contributed by atoms with van der Waals surface area (Å²) < 4.78 is 5.07. The molecule has 5 heteroatoms. The maximum Gasteiger partial charge on any atom is 0.338 e. The Labute approximate surface area is 131 Å². The third-order valence-corrected chi connectivity index (χ3v) is 5.13. The highest BCUT2D eigenvalue weighted by Gasteiger charge is 2.34. The molecular weight excluding hydrogens is 280 g/mol. The Morgan fingerprint density at radius 2 is 2.27 bits per heavy atom. The van der Waals surface area contributed by atoms with Gasteiger partial charge in [-0.25, -0.2) is 4.79 Å². The van der Waals surface area contributed by atoms with Gasteiger partial charge >= 0.3 is 5.97 Å². The predicted octanol–water partition coefficient (Wildman–Crippen LogP) is 1.37. The molecule has 0 aliphatic carbocycles. The number of hydrogen-bond acceptors (Lipinski definition) is 5. The lowest BCUT2D eigenvalue weighted by molar-refractivity contribution is 0.0535. The van der Waals surface area contributed by atoms with Gasteiger partial charge in [0.2, 0.25) is 0 Å². The summed E-state index contributed by atoms with van der Waals surface area (Å²) in [7, 11) is 0. The summed E-state index contributed by atoms with van der Waals surface area (Å²) in [5.41, 5.74) is 9.39. The van der Waals surface area contributed by atoms with Crippen LogP contribution in [0.25, 0.3) is 0 Å². The Bertz CT molecular complexity index is 602. The number of hydrogen-bond donors (Lipinski definition) is 2. The van der Waals surface area contributed by atoms with E-state index in [9.17, 15) is 9.90 Å². The van der Waals surface area contributed by atoms with Gasteiger partial charge in [-0.15, -0.1) is 0 Å². The van der Waals surface area contributed by atoms with Crippen LogP contribution in [0.3, 0.4) is 0 Å². The van der Waals surface area contributed by atoms with Crippen molar-refractivity contribution in [2.45, 2.75) is 33.0 Å². The van der Waals surface area contributed by atoms with Crippen molar-refractivity contribution in [2.75, 3.05) is 26.2 Å². The highest BCUT2D eigenvalue weighted by atomic mass is 16.5. The molecule has 2 heterocycles. The van der Waals surface area contributed by atoms with Crippen LogP contribution in [0.5, 0.6) is 0 Å². The monoisotopic (exact) mass is 304 g/mol. The number of rotatable bonds is 4. The SMILES string of the molecule is Cc1c(C(O)CN2CCC(C)(CN)C2)ccc2c1COC2=O. The van der Waals surface area contributed by atoms with Crippen molar-refractivity contribution in [3.05, 3.63) is 34.4 Å². The first kappa shape index (κ1) is 15.5. The summed E-state index contributed by atoms with van der Waals surface area (Å²) in [6.07, 6.45) is 0.517. The second-order valence-electron chi connectivity index (χ2n) is 6.90. The average molecular weight is 304 g/mol. The Kier molecular flexibility index (Phi) is 3.97. The fraction of sp³-hybridized carbons (Fsp3) is 0.588. The number of nitrogens with two attached hydrogens (primary N) is 1. The largest absolute Gasteiger partial charge is 0.457 e. The van der Waals surface area contributed by atoms with E-state index in [1.54, 1.807) is 6.07 Å². The van der Waals surface area contributed by atoms with Crippen molar-refractivity contribution in [1.29, 1.82) is 0 Å². The van der Waals surface area contributed by atoms with Crippen molar-refractivity contribution in [1.82, 2.24) is 4.90 Å². The molecule has 5 nitrogen and oxygen atoms in total. The molecule has 2 unspecified atom stereocenters. The van der Waals surface area contributed by atoms with Crippen LogP contribution in [0, 0.1) is 12.3 Å². The highest BCUT2D eigenvalue weighted by molar-refractivity contribution is 5.93. The number of carbonyl (C=O) groups is 1. The summed E-state index contributed by atoms with van der Waals surface area (Å²) in [5, 5.41) is 10.6. The molecule has 0 bridgehead atoms. The highest BCUT2D eigenvalue weighted by Crippen LogP contribution is 2.32. The number of nitrogens with zero attached hydrogens (tertiary/aromatic N) is 1. The molecular formula is C17H24N2O3. The molecule has 2 aliphatic rings. The molecule has 3 N–H and O–H groups in total. The molecule has 2 aliphatic heterocycles. The molecule has 22 heavy (non-hydrogen) atoms. The lowest BCUT2D eigenvalue weighted by Crippen LogP contribution is -2.33. The second kappa shape index (κ2) is 5.65. The van der Waals surface area contributed by atoms with Gasteiger partial charge in [0, 0.05) is 18.7 Å². The Morgan fingerprint density at radius 3 is 2.95 bits per heavy atom. The first-order chi connectivity index (χ1) is 10.4. The smallest absolute Gasteiger partial charge is 0.338 e. The van der Waals surface area contributed by atoms with Crippen LogP contribution in [-0.4, -0.2) is 42.2 Å². The Morgan fingerprint density at radius 1 is 1.50 bits per heavy atom. The topological polar surface area (TPSA) is 75.8 Å². The lowest BCUT2D eigenvalue weighted by Gasteiger charge is -2.25. The number of cyclic esters (lactones) is 1. The van der Waals surface area contributed by atoms with Crippen molar-refractivity contribution in [3.8, 4) is 0 Å². The predicted molar refractivity (Wildman–Crippen MR) is 83.5 cm³/mol. The van der Waals surface area contributed by atoms with Gasteiger partial charge < -0.3 is 15.6 Å². The minimum absolute atomic E-state index is 0.160. The average Bonchev–Trinajstić information content (AvgIpc) is 3.05. The lowest BCUT2D eigenvalue weighted by atomic mass is 9.90. The van der Waals surface area contributed by atoms with Crippen LogP contribution < -0.4 is 5.73 Å². The molecule has 3 rings (SSSR count). The third kappa shape index (κ3) is 2.64. The first-order valence-electron chi connectivity index (χ1n) is 7.83. The number of ether oxygens (including phenoxy) is 1. The van der Waals surface area contributed by atoms with E-state index in [0.717, 1.165) is 36.2 Å². The summed E-state index contributed by atoms with van der Waals surface area (Å²) >= 11 is 0. The van der Waals surface area contributed by atoms with Gasteiger partial charge in [-0.2, -0.15) is 0 Å². The molecule has 1 aromatic rings. The summed E-state index contributed by atoms with van der Waals surface area (Å²) in [6, 6.07) is 3.62. The van der Waals surface area contributed by atoms with Crippen molar-refractivity contribution >= 4 is 5.97 Å². The van der Waals surface area contributed by atoms with Gasteiger partial charge in [-0.1, -0.05) is 13.0 Å². The van der Waals surface area contributed by atoms with Crippen molar-refractivity contribution in [2.24, 2.45) is 11.1 Å². The third-order valence-electron chi connectivity index (χ3n) is 5.13. The molecule has 0 spiro atoms. The van der Waals surface area contributed by atoms with Crippen LogP contribution in [0.15, 0.2) is 12.1 Å². The number of esters is 1. The number of benzene rings is 1. The van der Waals surface area contributed by atoms with Crippen LogP contribution in [-0.2, 0) is 11.3 Å². The molecule has 1 aromatic carbocycles. The summed E-state index contributed by atoms with van der Waals surface area (Å²) in [4.78, 5) is 13.8. The van der Waals surface area contributed by atoms with Gasteiger partial charge in [0.1, 0.15) is 6.61 Å². The summed E-state index contributed by atoms with van der Waals surface area (Å²) in [6.45, 7) is 7.63. The molecule has 0 amide bonds. The number of β-amino-alcohol motifs (C(OH)–C–C–N with tert-alkyl or cyclic N) is 1. The molecule has 120 valence electrons. The fourth-order valence-corrected chi connectivity index (χ4v) is 3.52. The van der Waals surface area contributed by atoms with Crippen molar-refractivity contribution in [3.63, 3.8) is 0 Å². The molecule has 2 atom stereocenters. The van der Waals surface area contributed by atoms with Crippen LogP contribution in [0.1, 0.15) is 46.5 Å². The van der Waals surface area contributed by atoms with Crippen molar-refractivity contribution < 1.29 is 14.6 Å². The zero-order valence-electron chi connectivity index (χ0n) is 13.3. The Balaban J connectivity index is 1.74. The van der Waals surface area contributed by atoms with Gasteiger partial charge in [0.05, 0.1) is 11.7 Å². The quantitative estimate of drug-likeness (QED) is 0.822. The molecule has 1 fully saturated rings. The standard InChI is InChI=1S/C17H24N2O3/c1-11-12(3-4-13-14(11)8-22-16(13)21)15(20)7-19-6-5-17(2,9-18)10-19/h3-4,15,20H,5-10,18H2,1-2H3. The Hall–Kier alpha value is -1.43. The number of likely N-dealkylation sites (tertiary alicyclic amines) is 1. The number of aliphatic hydroxyl groups is 1. The zero-order chi connectivity index (χ0) is 15.9. The minimum atomic E-state index is -0.555. The molecule has 0 saturated carbocycles. The number of fused-ring (bicyclic) bond motifs is 1. The van der Waals surface area contributed by atoms with Crippen LogP contribution >= 0.6 is 0 Å². The van der Waals surface area contributed by atoms with E-state index >= 15 is 0 Å². The maximum absolute atomic E-state index is 11.6. The maximum atomic E-state index is 11.6. The van der Waals surface area contributed by atoms with Gasteiger partial charge in [-0.3, -0.25) is 4.90 Å². The summed E-state index contributed by atoms with van der Waals surface area (Å²) in [5.74, 6) is -0.266. The van der Waals surface area contributed by atoms with Gasteiger partial charge in [-0.05, 0) is 49.0 Å². The van der Waals surface area contributed by atoms with Crippen LogP contribution in [0.4, 0.5) is 0 Å². The number of carbonyl (C=O) groups excluding carboxylic acids is 1. The van der Waals surface area contributed by atoms with E-state index in [1.807, 2.05) is 13.0 Å². The van der Waals surface area contributed by atoms with Gasteiger partial charge in [0.25, 0.3) is 0 Å². The van der Waals surface area contributed by atoms with E-state index in [1.165, 1.54) is 0 Å². The van der Waals surface area contributed by atoms with E-state index in [-0.39, 0.29) is 11.4 Å². The normalized spacial score (nSPS) is 26.1. The van der Waals surface area contributed by atoms with E-state index in [4.69, 9.17) is 10.5 Å². The first-order valence-corrected chi connectivity index (χ1v) is 7.83. The molecule has 1 saturated heterocycles. The van der Waals surface area contributed by atoms with Gasteiger partial charge in [0.15, 0.2) is 0 Å². The minimum Gasteiger partial charge on any atom is -0.457 e. The van der Waals surface area contributed by atoms with E-state index in [0.29, 0.717) is 25.3 Å².